The topological polar surface area (TPSA) is 81.4 Å². The standard InChI is InChI=1S/C25H27Cl2FN4O2/c1-14(21-13-30-9-10-31-21)33-18-5-3-16(4-6-18)17-11-22(25(29)32-12-17)34-15(2)23-19(26)7-8-20(28)24(23)27/h3-8,11-12,14-15,21,30-31H,9-10,13H2,1-2H3,(H2,29,32). The van der Waals surface area contributed by atoms with E-state index in [-0.39, 0.29) is 23.0 Å². The predicted molar refractivity (Wildman–Crippen MR) is 134 cm³/mol. The highest BCUT2D eigenvalue weighted by Gasteiger charge is 2.21. The number of nitrogen functional groups attached to an aromatic ring is 1. The average molecular weight is 505 g/mol. The molecule has 1 saturated heterocycles. The summed E-state index contributed by atoms with van der Waals surface area (Å²) < 4.78 is 26.0. The van der Waals surface area contributed by atoms with E-state index in [4.69, 9.17) is 38.4 Å². The first kappa shape index (κ1) is 24.5. The van der Waals surface area contributed by atoms with Crippen LogP contribution in [0.5, 0.6) is 11.5 Å². The monoisotopic (exact) mass is 504 g/mol. The fraction of sp³-hybridized carbons (Fsp3) is 0.320. The minimum absolute atomic E-state index is 0.0276. The number of pyridine rings is 1. The average Bonchev–Trinajstić information content (AvgIpc) is 2.84. The Kier molecular flexibility index (Phi) is 7.78. The van der Waals surface area contributed by atoms with Crippen molar-refractivity contribution in [2.24, 2.45) is 0 Å². The molecular weight excluding hydrogens is 478 g/mol. The van der Waals surface area contributed by atoms with Gasteiger partial charge in [0.1, 0.15) is 23.8 Å². The number of halogens is 3. The van der Waals surface area contributed by atoms with E-state index in [1.807, 2.05) is 24.3 Å². The second-order valence-corrected chi connectivity index (χ2v) is 9.02. The Bertz CT molecular complexity index is 1140. The molecule has 3 aromatic rings. The molecule has 3 unspecified atom stereocenters. The van der Waals surface area contributed by atoms with Crippen LogP contribution in [-0.2, 0) is 0 Å². The van der Waals surface area contributed by atoms with Gasteiger partial charge in [-0.25, -0.2) is 9.37 Å². The van der Waals surface area contributed by atoms with E-state index in [9.17, 15) is 4.39 Å². The summed E-state index contributed by atoms with van der Waals surface area (Å²) in [5, 5.41) is 7.07. The van der Waals surface area contributed by atoms with Crippen LogP contribution in [0.25, 0.3) is 11.1 Å². The minimum atomic E-state index is -0.643. The molecular formula is C25H27Cl2FN4O2. The first-order valence-corrected chi connectivity index (χ1v) is 11.9. The number of rotatable bonds is 7. The lowest BCUT2D eigenvalue weighted by Gasteiger charge is -2.30. The molecule has 1 aromatic heterocycles. The summed E-state index contributed by atoms with van der Waals surface area (Å²) in [6, 6.07) is 12.5. The van der Waals surface area contributed by atoms with Crippen LogP contribution in [0.4, 0.5) is 10.2 Å². The van der Waals surface area contributed by atoms with Crippen LogP contribution in [0.1, 0.15) is 25.5 Å². The summed E-state index contributed by atoms with van der Waals surface area (Å²) in [6.07, 6.45) is 1.06. The van der Waals surface area contributed by atoms with E-state index >= 15 is 0 Å². The quantitative estimate of drug-likeness (QED) is 0.381. The van der Waals surface area contributed by atoms with Crippen molar-refractivity contribution in [3.05, 3.63) is 70.1 Å². The van der Waals surface area contributed by atoms with Crippen LogP contribution in [-0.4, -0.2) is 36.8 Å². The highest BCUT2D eigenvalue weighted by molar-refractivity contribution is 6.36. The largest absolute Gasteiger partial charge is 0.489 e. The lowest BCUT2D eigenvalue weighted by Crippen LogP contribution is -2.54. The van der Waals surface area contributed by atoms with E-state index in [0.29, 0.717) is 16.3 Å². The van der Waals surface area contributed by atoms with Gasteiger partial charge in [0.25, 0.3) is 0 Å². The van der Waals surface area contributed by atoms with E-state index in [0.717, 1.165) is 36.5 Å². The van der Waals surface area contributed by atoms with E-state index in [1.54, 1.807) is 19.2 Å². The molecule has 4 rings (SSSR count). The zero-order valence-electron chi connectivity index (χ0n) is 18.9. The summed E-state index contributed by atoms with van der Waals surface area (Å²) >= 11 is 12.4. The first-order valence-electron chi connectivity index (χ1n) is 11.1. The first-order chi connectivity index (χ1) is 16.3. The van der Waals surface area contributed by atoms with Crippen molar-refractivity contribution < 1.29 is 13.9 Å². The molecule has 0 radical (unpaired) electrons. The van der Waals surface area contributed by atoms with E-state index in [1.165, 1.54) is 12.1 Å². The zero-order chi connectivity index (χ0) is 24.2. The summed E-state index contributed by atoms with van der Waals surface area (Å²) in [6.45, 7) is 6.57. The van der Waals surface area contributed by atoms with Gasteiger partial charge >= 0.3 is 0 Å². The van der Waals surface area contributed by atoms with Crippen LogP contribution in [0, 0.1) is 5.82 Å². The van der Waals surface area contributed by atoms with Crippen molar-refractivity contribution in [2.75, 3.05) is 25.4 Å². The molecule has 34 heavy (non-hydrogen) atoms. The Balaban J connectivity index is 1.49. The molecule has 0 aliphatic carbocycles. The molecule has 0 spiro atoms. The SMILES string of the molecule is CC(Oc1cc(-c2ccc(OC(C)C3CNCCN3)cc2)cnc1N)c1c(Cl)ccc(F)c1Cl. The second kappa shape index (κ2) is 10.8. The maximum atomic E-state index is 13.9. The fourth-order valence-corrected chi connectivity index (χ4v) is 4.58. The fourth-order valence-electron chi connectivity index (χ4n) is 3.90. The third-order valence-corrected chi connectivity index (χ3v) is 6.53. The van der Waals surface area contributed by atoms with Crippen molar-refractivity contribution in [3.63, 3.8) is 0 Å². The van der Waals surface area contributed by atoms with Crippen molar-refractivity contribution >= 4 is 29.0 Å². The number of hydrogen-bond acceptors (Lipinski definition) is 6. The normalized spacial score (nSPS) is 17.7. The van der Waals surface area contributed by atoms with Crippen molar-refractivity contribution in [1.29, 1.82) is 0 Å². The molecule has 180 valence electrons. The van der Waals surface area contributed by atoms with Gasteiger partial charge in [-0.1, -0.05) is 35.3 Å². The van der Waals surface area contributed by atoms with Crippen LogP contribution >= 0.6 is 23.2 Å². The van der Waals surface area contributed by atoms with Crippen LogP contribution in [0.3, 0.4) is 0 Å². The molecule has 2 aromatic carbocycles. The molecule has 0 amide bonds. The van der Waals surface area contributed by atoms with Crippen LogP contribution in [0.15, 0.2) is 48.7 Å². The molecule has 1 aliphatic heterocycles. The number of nitrogens with one attached hydrogen (secondary N) is 2. The van der Waals surface area contributed by atoms with Gasteiger partial charge in [0.15, 0.2) is 11.6 Å². The second-order valence-electron chi connectivity index (χ2n) is 8.24. The number of piperazine rings is 1. The van der Waals surface area contributed by atoms with Crippen molar-refractivity contribution in [1.82, 2.24) is 15.6 Å². The molecule has 0 bridgehead atoms. The smallest absolute Gasteiger partial charge is 0.166 e. The predicted octanol–water partition coefficient (Wildman–Crippen LogP) is 5.25. The summed E-state index contributed by atoms with van der Waals surface area (Å²) in [7, 11) is 0. The van der Waals surface area contributed by atoms with Gasteiger partial charge in [-0.05, 0) is 49.7 Å². The van der Waals surface area contributed by atoms with Crippen molar-refractivity contribution in [2.45, 2.75) is 32.1 Å². The maximum absolute atomic E-state index is 13.9. The molecule has 9 heteroatoms. The number of nitrogens with zero attached hydrogens (tertiary/aromatic N) is 1. The maximum Gasteiger partial charge on any atom is 0.166 e. The van der Waals surface area contributed by atoms with Gasteiger partial charge in [0.2, 0.25) is 0 Å². The highest BCUT2D eigenvalue weighted by atomic mass is 35.5. The van der Waals surface area contributed by atoms with Gasteiger partial charge in [0.05, 0.1) is 11.1 Å². The summed E-state index contributed by atoms with van der Waals surface area (Å²) in [5.41, 5.74) is 8.13. The molecule has 6 nitrogen and oxygen atoms in total. The highest BCUT2D eigenvalue weighted by Crippen LogP contribution is 2.37. The number of benzene rings is 2. The molecule has 1 fully saturated rings. The van der Waals surface area contributed by atoms with E-state index < -0.39 is 11.9 Å². The number of anilines is 1. The Morgan fingerprint density at radius 1 is 1.06 bits per heavy atom. The Morgan fingerprint density at radius 3 is 2.53 bits per heavy atom. The van der Waals surface area contributed by atoms with Gasteiger partial charge in [-0.2, -0.15) is 0 Å². The molecule has 4 N–H and O–H groups in total. The van der Waals surface area contributed by atoms with Gasteiger partial charge in [-0.15, -0.1) is 0 Å². The van der Waals surface area contributed by atoms with Crippen molar-refractivity contribution in [3.8, 4) is 22.6 Å². The molecule has 3 atom stereocenters. The lowest BCUT2D eigenvalue weighted by molar-refractivity contribution is 0.159. The molecule has 2 heterocycles. The Hall–Kier alpha value is -2.58. The van der Waals surface area contributed by atoms with Crippen LogP contribution in [0.2, 0.25) is 10.0 Å². The summed E-state index contributed by atoms with van der Waals surface area (Å²) in [4.78, 5) is 4.26. The number of aromatic nitrogens is 1. The van der Waals surface area contributed by atoms with Gasteiger partial charge in [-0.3, -0.25) is 0 Å². The Morgan fingerprint density at radius 2 is 1.82 bits per heavy atom. The zero-order valence-corrected chi connectivity index (χ0v) is 20.5. The Labute approximate surface area is 208 Å². The molecule has 1 aliphatic rings. The summed E-state index contributed by atoms with van der Waals surface area (Å²) in [5.74, 6) is 0.781. The third-order valence-electron chi connectivity index (χ3n) is 5.82. The number of nitrogens with two attached hydrogens (primary N) is 1. The molecule has 0 saturated carbocycles. The number of ether oxygens (including phenoxy) is 2. The van der Waals surface area contributed by atoms with Gasteiger partial charge < -0.3 is 25.8 Å². The number of hydrogen-bond donors (Lipinski definition) is 3. The van der Waals surface area contributed by atoms with Crippen LogP contribution < -0.4 is 25.8 Å². The third kappa shape index (κ3) is 5.55. The lowest BCUT2D eigenvalue weighted by atomic mass is 10.1. The van der Waals surface area contributed by atoms with E-state index in [2.05, 4.69) is 22.5 Å². The van der Waals surface area contributed by atoms with Gasteiger partial charge in [0, 0.05) is 42.0 Å². The minimum Gasteiger partial charge on any atom is -0.489 e.